The number of aliphatic hydroxyl groups is 1. The van der Waals surface area contributed by atoms with E-state index in [1.165, 1.54) is 57.8 Å². The number of phosphoric ester groups is 2. The van der Waals surface area contributed by atoms with E-state index in [9.17, 15) is 43.2 Å². The summed E-state index contributed by atoms with van der Waals surface area (Å²) in [6, 6.07) is 0. The van der Waals surface area contributed by atoms with Crippen LogP contribution in [0.1, 0.15) is 297 Å². The Bertz CT molecular complexity index is 2590. The Morgan fingerprint density at radius 3 is 0.894 bits per heavy atom. The zero-order valence-electron chi connectivity index (χ0n) is 64.6. The second-order valence-electron chi connectivity index (χ2n) is 25.9. The molecule has 0 aliphatic rings. The fourth-order valence-electron chi connectivity index (χ4n) is 9.99. The van der Waals surface area contributed by atoms with Gasteiger partial charge in [0.15, 0.2) is 12.2 Å². The van der Waals surface area contributed by atoms with Crippen LogP contribution in [0.3, 0.4) is 0 Å². The van der Waals surface area contributed by atoms with Gasteiger partial charge in [-0.1, -0.05) is 276 Å². The molecule has 0 rings (SSSR count). The van der Waals surface area contributed by atoms with Gasteiger partial charge in [-0.25, -0.2) is 9.13 Å². The molecule has 592 valence electrons. The number of rotatable bonds is 73. The first-order valence-electron chi connectivity index (χ1n) is 39.7. The van der Waals surface area contributed by atoms with Crippen molar-refractivity contribution in [2.45, 2.75) is 316 Å². The Labute approximate surface area is 629 Å². The summed E-state index contributed by atoms with van der Waals surface area (Å²) in [6.45, 7) is 4.43. The number of phosphoric acid groups is 2. The molecule has 5 unspecified atom stereocenters. The SMILES string of the molecule is CC/C=C\C/C=C\C/C=C\C/C=C\C/C=C\CCCCCC(=O)OCC(COP(=O)(O)OCC(O)COP(=O)(O)OCC(COC(=O)C/C=C\C/C=C\C/C=C\C/C=C\C/C=C\CC)OC(=O)CCCCCCC/C=C\CCCCCCCC)OC(=O)CCCCCCC/C=C\C/C=C\CCCCC. The molecule has 0 aromatic heterocycles. The van der Waals surface area contributed by atoms with E-state index in [-0.39, 0.29) is 25.7 Å². The summed E-state index contributed by atoms with van der Waals surface area (Å²) in [6.07, 6.45) is 88.2. The predicted molar refractivity (Wildman–Crippen MR) is 427 cm³/mol. The maximum Gasteiger partial charge on any atom is 0.472 e. The van der Waals surface area contributed by atoms with Crippen molar-refractivity contribution < 1.29 is 80.2 Å². The quantitative estimate of drug-likeness (QED) is 0.0169. The number of carbonyl (C=O) groups is 4. The molecule has 17 nitrogen and oxygen atoms in total. The highest BCUT2D eigenvalue weighted by Crippen LogP contribution is 2.45. The van der Waals surface area contributed by atoms with Crippen molar-refractivity contribution in [2.24, 2.45) is 0 Å². The number of unbranched alkanes of at least 4 members (excludes halogenated alkanes) is 22. The first-order valence-corrected chi connectivity index (χ1v) is 42.7. The van der Waals surface area contributed by atoms with Crippen LogP contribution in [0.15, 0.2) is 158 Å². The predicted octanol–water partition coefficient (Wildman–Crippen LogP) is 23.2. The first kappa shape index (κ1) is 98.7. The van der Waals surface area contributed by atoms with Gasteiger partial charge >= 0.3 is 39.5 Å². The minimum Gasteiger partial charge on any atom is -0.462 e. The molecular weight excluding hydrogens is 1350 g/mol. The van der Waals surface area contributed by atoms with Crippen LogP contribution >= 0.6 is 15.6 Å². The minimum absolute atomic E-state index is 0.0606. The Morgan fingerprint density at radius 2 is 0.538 bits per heavy atom. The highest BCUT2D eigenvalue weighted by atomic mass is 31.2. The van der Waals surface area contributed by atoms with E-state index >= 15 is 0 Å². The number of hydrogen-bond acceptors (Lipinski definition) is 15. The van der Waals surface area contributed by atoms with Gasteiger partial charge in [-0.05, 0) is 154 Å². The van der Waals surface area contributed by atoms with Crippen molar-refractivity contribution >= 4 is 39.5 Å². The molecule has 0 aliphatic carbocycles. The highest BCUT2D eigenvalue weighted by molar-refractivity contribution is 7.47. The van der Waals surface area contributed by atoms with Crippen molar-refractivity contribution in [1.29, 1.82) is 0 Å². The van der Waals surface area contributed by atoms with Crippen LogP contribution in [0, 0.1) is 0 Å². The zero-order valence-corrected chi connectivity index (χ0v) is 66.4. The molecule has 0 saturated heterocycles. The van der Waals surface area contributed by atoms with E-state index in [1.54, 1.807) is 6.08 Å². The van der Waals surface area contributed by atoms with Gasteiger partial charge in [-0.3, -0.25) is 37.3 Å². The monoisotopic (exact) mass is 1490 g/mol. The van der Waals surface area contributed by atoms with Gasteiger partial charge in [0.1, 0.15) is 19.3 Å². The summed E-state index contributed by atoms with van der Waals surface area (Å²) in [4.78, 5) is 72.9. The van der Waals surface area contributed by atoms with E-state index in [4.69, 9.17) is 37.0 Å². The lowest BCUT2D eigenvalue weighted by atomic mass is 10.1. The van der Waals surface area contributed by atoms with E-state index in [1.807, 2.05) is 18.2 Å². The lowest BCUT2D eigenvalue weighted by Gasteiger charge is -2.21. The third kappa shape index (κ3) is 74.9. The molecule has 3 N–H and O–H groups in total. The Morgan fingerprint density at radius 1 is 0.288 bits per heavy atom. The summed E-state index contributed by atoms with van der Waals surface area (Å²) in [5.41, 5.74) is 0. The van der Waals surface area contributed by atoms with Crippen LogP contribution in [0.4, 0.5) is 0 Å². The van der Waals surface area contributed by atoms with Crippen LogP contribution in [-0.4, -0.2) is 96.7 Å². The fraction of sp³-hybridized carbons (Fsp3) is 0.647. The zero-order chi connectivity index (χ0) is 76.0. The lowest BCUT2D eigenvalue weighted by molar-refractivity contribution is -0.161. The molecule has 5 atom stereocenters. The summed E-state index contributed by atoms with van der Waals surface area (Å²) < 4.78 is 68.4. The van der Waals surface area contributed by atoms with Gasteiger partial charge in [0.05, 0.1) is 32.8 Å². The highest BCUT2D eigenvalue weighted by Gasteiger charge is 2.30. The van der Waals surface area contributed by atoms with Crippen LogP contribution in [0.25, 0.3) is 0 Å². The summed E-state index contributed by atoms with van der Waals surface area (Å²) in [5.74, 6) is -2.39. The molecule has 0 radical (unpaired) electrons. The maximum absolute atomic E-state index is 13.1. The average molecular weight is 1500 g/mol. The molecular formula is C85H140O17P2. The average Bonchev–Trinajstić information content (AvgIpc) is 0.918. The number of ether oxygens (including phenoxy) is 4. The van der Waals surface area contributed by atoms with Gasteiger partial charge in [-0.15, -0.1) is 0 Å². The summed E-state index contributed by atoms with van der Waals surface area (Å²) >= 11 is 0. The van der Waals surface area contributed by atoms with Crippen molar-refractivity contribution in [3.63, 3.8) is 0 Å². The summed E-state index contributed by atoms with van der Waals surface area (Å²) in [7, 11) is -10.0. The fourth-order valence-corrected chi connectivity index (χ4v) is 11.6. The Kier molecular flexibility index (Phi) is 72.0. The smallest absolute Gasteiger partial charge is 0.462 e. The number of aliphatic hydroxyl groups excluding tert-OH is 1. The van der Waals surface area contributed by atoms with E-state index < -0.39 is 97.5 Å². The van der Waals surface area contributed by atoms with Crippen LogP contribution in [0.2, 0.25) is 0 Å². The maximum atomic E-state index is 13.1. The number of allylic oxidation sites excluding steroid dienone is 25. The molecule has 0 bridgehead atoms. The molecule has 19 heteroatoms. The molecule has 104 heavy (non-hydrogen) atoms. The van der Waals surface area contributed by atoms with E-state index in [2.05, 4.69) is 161 Å². The molecule has 0 spiro atoms. The van der Waals surface area contributed by atoms with Gasteiger partial charge in [0.2, 0.25) is 0 Å². The summed E-state index contributed by atoms with van der Waals surface area (Å²) in [5, 5.41) is 10.6. The third-order valence-electron chi connectivity index (χ3n) is 16.0. The molecule has 0 aliphatic heterocycles. The Hall–Kier alpha value is -5.32. The molecule has 0 fully saturated rings. The number of hydrogen-bond donors (Lipinski definition) is 3. The number of carbonyl (C=O) groups excluding carboxylic acids is 4. The third-order valence-corrected chi connectivity index (χ3v) is 17.9. The van der Waals surface area contributed by atoms with Gasteiger partial charge in [0, 0.05) is 19.3 Å². The molecule has 0 amide bonds. The van der Waals surface area contributed by atoms with Crippen molar-refractivity contribution in [3.05, 3.63) is 158 Å². The minimum atomic E-state index is -5.01. The molecule has 0 saturated carbocycles. The van der Waals surface area contributed by atoms with Gasteiger partial charge in [0.25, 0.3) is 0 Å². The lowest BCUT2D eigenvalue weighted by Crippen LogP contribution is -2.30. The van der Waals surface area contributed by atoms with Gasteiger partial charge in [-0.2, -0.15) is 0 Å². The van der Waals surface area contributed by atoms with Crippen molar-refractivity contribution in [1.82, 2.24) is 0 Å². The van der Waals surface area contributed by atoms with E-state index in [0.29, 0.717) is 25.7 Å². The topological polar surface area (TPSA) is 237 Å². The van der Waals surface area contributed by atoms with Crippen LogP contribution in [0.5, 0.6) is 0 Å². The molecule has 0 aromatic rings. The normalized spacial score (nSPS) is 14.7. The second-order valence-corrected chi connectivity index (χ2v) is 28.8. The molecule has 0 aromatic carbocycles. The van der Waals surface area contributed by atoms with Crippen LogP contribution < -0.4 is 0 Å². The number of esters is 4. The standard InChI is InChI=1S/C85H140O17P2/c1-5-9-13-17-21-25-29-33-37-38-39-40-44-46-50-54-58-62-66-70-83(88)96-76-81(102-85(90)72-68-64-60-56-52-48-43-36-32-28-24-20-16-12-8-4)78-100-104(93,94)98-74-79(86)73-97-103(91,92)99-77-80(101-84(89)71-67-63-59-55-51-47-42-35-31-27-23-19-15-11-7-3)75-95-82(87)69-65-61-57-53-49-45-41-34-30-26-22-18-14-10-6-2/h9-10,13-14,21-22,24-26,28,33-37,39-43,46,49-50,53,61,65,79-81,86H,5-8,11-12,15-20,23,27,29-32,38,44-45,47-48,51-52,54-60,62-64,66-78H2,1-4H3,(H,91,92)(H,93,94)/b13-9-,14-10-,25-21-,26-22-,28-24-,37-33-,40-39-,41-34-,42-35-,43-36-,50-46-,53-49-,65-61-. The van der Waals surface area contributed by atoms with Crippen molar-refractivity contribution in [3.8, 4) is 0 Å². The van der Waals surface area contributed by atoms with E-state index in [0.717, 1.165) is 161 Å². The van der Waals surface area contributed by atoms with Gasteiger partial charge < -0.3 is 33.8 Å². The second kappa shape index (κ2) is 75.9. The Balaban J connectivity index is 5.48. The van der Waals surface area contributed by atoms with Crippen molar-refractivity contribution in [2.75, 3.05) is 39.6 Å². The largest absolute Gasteiger partial charge is 0.472 e. The first-order chi connectivity index (χ1) is 50.7. The van der Waals surface area contributed by atoms with Crippen LogP contribution in [-0.2, 0) is 65.4 Å². The molecule has 0 heterocycles.